The van der Waals surface area contributed by atoms with Gasteiger partial charge in [0.05, 0.1) is 0 Å². The van der Waals surface area contributed by atoms with Gasteiger partial charge in [-0.1, -0.05) is 6.42 Å². The monoisotopic (exact) mass is 445 g/mol. The van der Waals surface area contributed by atoms with Crippen LogP contribution < -0.4 is 55.3 Å². The van der Waals surface area contributed by atoms with Crippen molar-refractivity contribution in [3.63, 3.8) is 0 Å². The molecule has 0 rings (SSSR count). The zero-order valence-corrected chi connectivity index (χ0v) is 18.0. The Kier molecular flexibility index (Phi) is 16.1. The molecule has 0 saturated carbocycles. The molecule has 0 aliphatic carbocycles. The van der Waals surface area contributed by atoms with Crippen LogP contribution in [0.2, 0.25) is 0 Å². The molecule has 180 valence electrons. The molecule has 0 aliphatic rings. The number of nitrogens with two attached hydrogens (primary N) is 5. The van der Waals surface area contributed by atoms with Gasteiger partial charge in [-0.25, -0.2) is 14.4 Å². The van der Waals surface area contributed by atoms with Crippen molar-refractivity contribution in [2.45, 2.75) is 44.2 Å². The molecule has 0 fully saturated rings. The molecule has 0 bridgehead atoms. The van der Waals surface area contributed by atoms with Crippen LogP contribution in [-0.4, -0.2) is 75.4 Å². The number of nitrogens with one attached hydrogen (secondary N) is 5. The van der Waals surface area contributed by atoms with E-state index in [1.165, 1.54) is 0 Å². The number of carbonyl (C=O) groups excluding carboxylic acids is 3. The number of primary amides is 1. The van der Waals surface area contributed by atoms with Crippen molar-refractivity contribution in [3.8, 4) is 0 Å². The van der Waals surface area contributed by atoms with Gasteiger partial charge in [0.2, 0.25) is 0 Å². The predicted molar refractivity (Wildman–Crippen MR) is 120 cm³/mol. The standard InChI is InChI=1S/C17H39N11O3/c18-6-2-1-4-12(10-19)28-17(31)25-9-8-24-16(30)26-11-13(27-15(22)29)5-3-7-23-14(20)21/h12-13H,1-11,18-19H2,(H4,20,21,23)(H3,22,27,29)(H2,24,26,30)(H2,25,28,31). The zero-order valence-electron chi connectivity index (χ0n) is 18.0. The Morgan fingerprint density at radius 1 is 0.774 bits per heavy atom. The van der Waals surface area contributed by atoms with Gasteiger partial charge >= 0.3 is 18.1 Å². The summed E-state index contributed by atoms with van der Waals surface area (Å²) in [6.07, 6.45) is 3.65. The van der Waals surface area contributed by atoms with Gasteiger partial charge in [-0.15, -0.1) is 0 Å². The SMILES string of the molecule is NCCCCC(CN)NC(=O)NCCNC(=O)NCC(CCCN=C(N)N)NC(N)=O. The van der Waals surface area contributed by atoms with Gasteiger partial charge in [-0.2, -0.15) is 0 Å². The van der Waals surface area contributed by atoms with Gasteiger partial charge in [-0.3, -0.25) is 4.99 Å². The van der Waals surface area contributed by atoms with E-state index in [1.807, 2.05) is 0 Å². The lowest BCUT2D eigenvalue weighted by Gasteiger charge is -2.18. The van der Waals surface area contributed by atoms with Crippen molar-refractivity contribution >= 4 is 24.1 Å². The maximum Gasteiger partial charge on any atom is 0.315 e. The molecule has 0 aromatic carbocycles. The molecule has 0 aromatic heterocycles. The van der Waals surface area contributed by atoms with E-state index in [4.69, 9.17) is 28.7 Å². The quantitative estimate of drug-likeness (QED) is 0.0674. The number of amides is 6. The van der Waals surface area contributed by atoms with Crippen molar-refractivity contribution in [3.05, 3.63) is 0 Å². The Hall–Kier alpha value is -3.00. The maximum atomic E-state index is 11.9. The summed E-state index contributed by atoms with van der Waals surface area (Å²) >= 11 is 0. The van der Waals surface area contributed by atoms with Crippen molar-refractivity contribution in [2.75, 3.05) is 39.3 Å². The summed E-state index contributed by atoms with van der Waals surface area (Å²) in [5.41, 5.74) is 26.8. The van der Waals surface area contributed by atoms with Crippen LogP contribution in [0, 0.1) is 0 Å². The lowest BCUT2D eigenvalue weighted by molar-refractivity contribution is 0.232. The summed E-state index contributed by atoms with van der Waals surface area (Å²) in [7, 11) is 0. The molecule has 14 nitrogen and oxygen atoms in total. The number of nitrogens with zero attached hydrogens (tertiary/aromatic N) is 1. The fourth-order valence-electron chi connectivity index (χ4n) is 2.62. The largest absolute Gasteiger partial charge is 0.370 e. The molecule has 0 spiro atoms. The first-order valence-electron chi connectivity index (χ1n) is 10.4. The Labute approximate surface area is 182 Å². The molecule has 0 aliphatic heterocycles. The molecule has 0 aromatic rings. The fraction of sp³-hybridized carbons (Fsp3) is 0.765. The highest BCUT2D eigenvalue weighted by Crippen LogP contribution is 1.99. The Bertz CT molecular complexity index is 555. The molecular formula is C17H39N11O3. The number of rotatable bonds is 16. The van der Waals surface area contributed by atoms with Crippen LogP contribution >= 0.6 is 0 Å². The summed E-state index contributed by atoms with van der Waals surface area (Å²) in [6.45, 7) is 1.97. The summed E-state index contributed by atoms with van der Waals surface area (Å²) in [5, 5.41) is 13.2. The van der Waals surface area contributed by atoms with Crippen LogP contribution in [-0.2, 0) is 0 Å². The molecule has 31 heavy (non-hydrogen) atoms. The van der Waals surface area contributed by atoms with Crippen LogP contribution in [0.5, 0.6) is 0 Å². The topological polar surface area (TPSA) is 254 Å². The van der Waals surface area contributed by atoms with Crippen LogP contribution in [0.15, 0.2) is 4.99 Å². The van der Waals surface area contributed by atoms with Crippen LogP contribution in [0.25, 0.3) is 0 Å². The Balaban J connectivity index is 4.06. The third-order valence-electron chi connectivity index (χ3n) is 4.18. The number of hydrogen-bond acceptors (Lipinski definition) is 6. The summed E-state index contributed by atoms with van der Waals surface area (Å²) in [4.78, 5) is 38.7. The molecule has 2 atom stereocenters. The van der Waals surface area contributed by atoms with Crippen LogP contribution in [0.4, 0.5) is 14.4 Å². The zero-order chi connectivity index (χ0) is 23.5. The molecule has 2 unspecified atom stereocenters. The fourth-order valence-corrected chi connectivity index (χ4v) is 2.62. The van der Waals surface area contributed by atoms with Crippen molar-refractivity contribution in [1.82, 2.24) is 26.6 Å². The third-order valence-corrected chi connectivity index (χ3v) is 4.18. The van der Waals surface area contributed by atoms with E-state index in [1.54, 1.807) is 0 Å². The second-order valence-electron chi connectivity index (χ2n) is 6.91. The first kappa shape index (κ1) is 28.0. The Morgan fingerprint density at radius 2 is 1.42 bits per heavy atom. The average Bonchev–Trinajstić information content (AvgIpc) is 2.71. The Morgan fingerprint density at radius 3 is 2.00 bits per heavy atom. The van der Waals surface area contributed by atoms with Gasteiger partial charge < -0.3 is 55.3 Å². The van der Waals surface area contributed by atoms with E-state index >= 15 is 0 Å². The van der Waals surface area contributed by atoms with Crippen molar-refractivity contribution in [2.24, 2.45) is 33.7 Å². The summed E-state index contributed by atoms with van der Waals surface area (Å²) in [6, 6.07) is -1.97. The minimum atomic E-state index is -0.692. The van der Waals surface area contributed by atoms with Crippen molar-refractivity contribution in [1.29, 1.82) is 0 Å². The summed E-state index contributed by atoms with van der Waals surface area (Å²) < 4.78 is 0. The number of aliphatic imine (C=N–C) groups is 1. The normalized spacial score (nSPS) is 12.2. The smallest absolute Gasteiger partial charge is 0.315 e. The van der Waals surface area contributed by atoms with E-state index in [0.29, 0.717) is 32.5 Å². The molecule has 0 saturated heterocycles. The highest BCUT2D eigenvalue weighted by Gasteiger charge is 2.12. The third kappa shape index (κ3) is 17.6. The van der Waals surface area contributed by atoms with E-state index in [2.05, 4.69) is 31.6 Å². The predicted octanol–water partition coefficient (Wildman–Crippen LogP) is -2.87. The van der Waals surface area contributed by atoms with Gasteiger partial charge in [-0.05, 0) is 32.2 Å². The van der Waals surface area contributed by atoms with E-state index < -0.39 is 12.1 Å². The van der Waals surface area contributed by atoms with Gasteiger partial charge in [0.15, 0.2) is 5.96 Å². The van der Waals surface area contributed by atoms with Gasteiger partial charge in [0.25, 0.3) is 0 Å². The molecule has 0 heterocycles. The van der Waals surface area contributed by atoms with Crippen molar-refractivity contribution < 1.29 is 14.4 Å². The van der Waals surface area contributed by atoms with E-state index in [9.17, 15) is 14.4 Å². The highest BCUT2D eigenvalue weighted by molar-refractivity contribution is 5.76. The van der Waals surface area contributed by atoms with E-state index in [0.717, 1.165) is 19.3 Å². The number of unbranched alkanes of at least 4 members (excludes halogenated alkanes) is 1. The van der Waals surface area contributed by atoms with E-state index in [-0.39, 0.29) is 43.7 Å². The second kappa shape index (κ2) is 17.8. The first-order chi connectivity index (χ1) is 14.8. The molecular weight excluding hydrogens is 406 g/mol. The summed E-state index contributed by atoms with van der Waals surface area (Å²) in [5.74, 6) is -0.00986. The van der Waals surface area contributed by atoms with Gasteiger partial charge in [0, 0.05) is 44.8 Å². The molecule has 6 amide bonds. The lowest BCUT2D eigenvalue weighted by Crippen LogP contribution is -2.49. The average molecular weight is 446 g/mol. The second-order valence-corrected chi connectivity index (χ2v) is 6.91. The van der Waals surface area contributed by atoms with Crippen LogP contribution in [0.3, 0.4) is 0 Å². The molecule has 15 N–H and O–H groups in total. The molecule has 14 heteroatoms. The number of hydrogen-bond donors (Lipinski definition) is 10. The number of guanidine groups is 1. The lowest BCUT2D eigenvalue weighted by atomic mass is 10.1. The minimum absolute atomic E-state index is 0.00986. The van der Waals surface area contributed by atoms with Crippen LogP contribution in [0.1, 0.15) is 32.1 Å². The van der Waals surface area contributed by atoms with Gasteiger partial charge in [0.1, 0.15) is 0 Å². The number of urea groups is 3. The highest BCUT2D eigenvalue weighted by atomic mass is 16.2. The first-order valence-corrected chi connectivity index (χ1v) is 10.4. The maximum absolute atomic E-state index is 11.9. The number of carbonyl (C=O) groups is 3. The molecule has 0 radical (unpaired) electrons. The minimum Gasteiger partial charge on any atom is -0.370 e.